The highest BCUT2D eigenvalue weighted by atomic mass is 16.6. The summed E-state index contributed by atoms with van der Waals surface area (Å²) in [6.07, 6.45) is 2.94. The Balaban J connectivity index is 1.95. The molecule has 0 amide bonds. The van der Waals surface area contributed by atoms with Crippen molar-refractivity contribution >= 4 is 0 Å². The van der Waals surface area contributed by atoms with Crippen molar-refractivity contribution in [2.75, 3.05) is 0 Å². The van der Waals surface area contributed by atoms with Crippen LogP contribution in [-0.2, 0) is 10.3 Å². The maximum Gasteiger partial charge on any atom is 0.128 e. The molecule has 2 atom stereocenters. The first kappa shape index (κ1) is 11.2. The number of hydrogen-bond acceptors (Lipinski definition) is 1. The number of ether oxygens (including phenoxy) is 1. The van der Waals surface area contributed by atoms with Gasteiger partial charge in [-0.3, -0.25) is 0 Å². The van der Waals surface area contributed by atoms with Crippen LogP contribution in [0.25, 0.3) is 0 Å². The van der Waals surface area contributed by atoms with E-state index in [1.807, 2.05) is 18.2 Å². The molecule has 1 aliphatic heterocycles. The third-order valence-electron chi connectivity index (χ3n) is 3.51. The molecule has 0 aliphatic carbocycles. The lowest BCUT2D eigenvalue weighted by Crippen LogP contribution is -2.08. The largest absolute Gasteiger partial charge is 0.356 e. The van der Waals surface area contributed by atoms with Crippen LogP contribution in [0.4, 0.5) is 0 Å². The van der Waals surface area contributed by atoms with E-state index in [0.717, 1.165) is 6.42 Å². The molecule has 0 saturated carbocycles. The normalized spacial score (nSPS) is 25.7. The highest BCUT2D eigenvalue weighted by molar-refractivity contribution is 5.36. The maximum atomic E-state index is 6.05. The van der Waals surface area contributed by atoms with E-state index in [4.69, 9.17) is 4.74 Å². The molecule has 90 valence electrons. The molecule has 2 aromatic rings. The van der Waals surface area contributed by atoms with Gasteiger partial charge in [0, 0.05) is 6.42 Å². The zero-order valence-electron chi connectivity index (χ0n) is 10.3. The third-order valence-corrected chi connectivity index (χ3v) is 3.51. The van der Waals surface area contributed by atoms with Gasteiger partial charge in [-0.1, -0.05) is 66.7 Å². The van der Waals surface area contributed by atoms with Gasteiger partial charge in [0.15, 0.2) is 0 Å². The average molecular weight is 236 g/mol. The molecule has 0 radical (unpaired) electrons. The highest BCUT2D eigenvalue weighted by Gasteiger charge is 2.57. The van der Waals surface area contributed by atoms with E-state index >= 15 is 0 Å². The van der Waals surface area contributed by atoms with Crippen molar-refractivity contribution in [3.8, 4) is 0 Å². The second-order valence-corrected chi connectivity index (χ2v) is 4.66. The fourth-order valence-electron chi connectivity index (χ4n) is 2.57. The highest BCUT2D eigenvalue weighted by Crippen LogP contribution is 2.59. The Morgan fingerprint density at radius 1 is 1.00 bits per heavy atom. The second-order valence-electron chi connectivity index (χ2n) is 4.66. The van der Waals surface area contributed by atoms with Crippen molar-refractivity contribution in [1.82, 2.24) is 0 Å². The quantitative estimate of drug-likeness (QED) is 0.571. The van der Waals surface area contributed by atoms with Crippen LogP contribution in [-0.4, -0.2) is 0 Å². The summed E-state index contributed by atoms with van der Waals surface area (Å²) in [4.78, 5) is 0. The lowest BCUT2D eigenvalue weighted by atomic mass is 9.89. The predicted octanol–water partition coefficient (Wildman–Crippen LogP) is 4.23. The van der Waals surface area contributed by atoms with Gasteiger partial charge in [-0.05, 0) is 11.1 Å². The molecule has 1 fully saturated rings. The van der Waals surface area contributed by atoms with Gasteiger partial charge in [0.25, 0.3) is 0 Å². The smallest absolute Gasteiger partial charge is 0.128 e. The van der Waals surface area contributed by atoms with Gasteiger partial charge in [-0.2, -0.15) is 0 Å². The Morgan fingerprint density at radius 3 is 2.22 bits per heavy atom. The van der Waals surface area contributed by atoms with Crippen LogP contribution < -0.4 is 0 Å². The molecule has 0 N–H and O–H groups in total. The predicted molar refractivity (Wildman–Crippen MR) is 73.2 cm³/mol. The summed E-state index contributed by atoms with van der Waals surface area (Å²) in [5, 5.41) is 0. The fourth-order valence-corrected chi connectivity index (χ4v) is 2.57. The van der Waals surface area contributed by atoms with Crippen molar-refractivity contribution in [2.45, 2.75) is 18.1 Å². The Bertz CT molecular complexity index is 532. The van der Waals surface area contributed by atoms with Gasteiger partial charge >= 0.3 is 0 Å². The van der Waals surface area contributed by atoms with Gasteiger partial charge in [0.1, 0.15) is 11.7 Å². The molecule has 0 spiro atoms. The van der Waals surface area contributed by atoms with Gasteiger partial charge in [-0.25, -0.2) is 0 Å². The molecule has 1 heteroatoms. The van der Waals surface area contributed by atoms with Crippen LogP contribution in [0.3, 0.4) is 0 Å². The second kappa shape index (κ2) is 4.43. The topological polar surface area (TPSA) is 12.5 Å². The minimum Gasteiger partial charge on any atom is -0.356 e. The van der Waals surface area contributed by atoms with E-state index in [9.17, 15) is 0 Å². The van der Waals surface area contributed by atoms with Crippen LogP contribution in [0.15, 0.2) is 73.3 Å². The number of benzene rings is 2. The molecule has 1 heterocycles. The van der Waals surface area contributed by atoms with E-state index in [1.54, 1.807) is 0 Å². The third kappa shape index (κ3) is 1.77. The van der Waals surface area contributed by atoms with E-state index in [1.165, 1.54) is 11.1 Å². The van der Waals surface area contributed by atoms with Gasteiger partial charge in [-0.15, -0.1) is 6.58 Å². The number of hydrogen-bond donors (Lipinski definition) is 0. The van der Waals surface area contributed by atoms with Crippen molar-refractivity contribution in [2.24, 2.45) is 0 Å². The van der Waals surface area contributed by atoms with Crippen molar-refractivity contribution < 1.29 is 4.74 Å². The Kier molecular flexibility index (Phi) is 2.77. The zero-order chi connectivity index (χ0) is 12.4. The summed E-state index contributed by atoms with van der Waals surface area (Å²) in [5.41, 5.74) is 2.27. The summed E-state index contributed by atoms with van der Waals surface area (Å²) in [5.74, 6) is 0. The van der Waals surface area contributed by atoms with E-state index in [0.29, 0.717) is 0 Å². The summed E-state index contributed by atoms with van der Waals surface area (Å²) in [6.45, 7) is 3.86. The fraction of sp³-hybridized carbons (Fsp3) is 0.176. The van der Waals surface area contributed by atoms with E-state index < -0.39 is 0 Å². The minimum absolute atomic E-state index is 0.152. The summed E-state index contributed by atoms with van der Waals surface area (Å²) < 4.78 is 6.05. The minimum atomic E-state index is -0.204. The summed E-state index contributed by atoms with van der Waals surface area (Å²) in [6, 6.07) is 20.8. The van der Waals surface area contributed by atoms with Crippen LogP contribution >= 0.6 is 0 Å². The molecule has 0 bridgehead atoms. The zero-order valence-corrected chi connectivity index (χ0v) is 10.3. The van der Waals surface area contributed by atoms with Crippen molar-refractivity contribution in [1.29, 1.82) is 0 Å². The molecule has 0 unspecified atom stereocenters. The molecule has 0 aromatic heterocycles. The van der Waals surface area contributed by atoms with Gasteiger partial charge < -0.3 is 4.74 Å². The van der Waals surface area contributed by atoms with Gasteiger partial charge in [0.05, 0.1) is 0 Å². The SMILES string of the molecule is C=CC[C@@]1(c2ccccc2)O[C@H]1c1ccccc1. The molecule has 2 aromatic carbocycles. The lowest BCUT2D eigenvalue weighted by molar-refractivity contribution is 0.298. The maximum absolute atomic E-state index is 6.05. The van der Waals surface area contributed by atoms with E-state index in [2.05, 4.69) is 55.1 Å². The Hall–Kier alpha value is -1.86. The standard InChI is InChI=1S/C17H16O/c1-2-13-17(15-11-7-4-8-12-15)16(18-17)14-9-5-3-6-10-14/h2-12,16H,1,13H2/t16-,17-/m0/s1. The first-order valence-electron chi connectivity index (χ1n) is 6.26. The first-order valence-corrected chi connectivity index (χ1v) is 6.26. The molecular weight excluding hydrogens is 220 g/mol. The van der Waals surface area contributed by atoms with Crippen molar-refractivity contribution in [3.63, 3.8) is 0 Å². The monoisotopic (exact) mass is 236 g/mol. The number of rotatable bonds is 4. The molecule has 18 heavy (non-hydrogen) atoms. The first-order chi connectivity index (χ1) is 8.87. The molecule has 1 nitrogen and oxygen atoms in total. The molecule has 3 rings (SSSR count). The summed E-state index contributed by atoms with van der Waals surface area (Å²) in [7, 11) is 0. The van der Waals surface area contributed by atoms with Crippen LogP contribution in [0.5, 0.6) is 0 Å². The lowest BCUT2D eigenvalue weighted by Gasteiger charge is -2.11. The molecular formula is C17H16O. The average Bonchev–Trinajstić information content (AvgIpc) is 3.17. The van der Waals surface area contributed by atoms with Crippen LogP contribution in [0.1, 0.15) is 23.7 Å². The van der Waals surface area contributed by atoms with Crippen LogP contribution in [0.2, 0.25) is 0 Å². The molecule has 1 saturated heterocycles. The summed E-state index contributed by atoms with van der Waals surface area (Å²) >= 11 is 0. The van der Waals surface area contributed by atoms with Gasteiger partial charge in [0.2, 0.25) is 0 Å². The van der Waals surface area contributed by atoms with Crippen molar-refractivity contribution in [3.05, 3.63) is 84.4 Å². The molecule has 1 aliphatic rings. The van der Waals surface area contributed by atoms with E-state index in [-0.39, 0.29) is 11.7 Å². The Morgan fingerprint density at radius 2 is 1.61 bits per heavy atom. The number of epoxide rings is 1. The Labute approximate surface area is 108 Å². The van der Waals surface area contributed by atoms with Crippen LogP contribution in [0, 0.1) is 0 Å².